The van der Waals surface area contributed by atoms with Gasteiger partial charge in [0.05, 0.1) is 0 Å². The average molecular weight is 258 g/mol. The van der Waals surface area contributed by atoms with Gasteiger partial charge in [-0.1, -0.05) is 18.9 Å². The largest absolute Gasteiger partial charge is 0.440 e. The van der Waals surface area contributed by atoms with Gasteiger partial charge in [-0.2, -0.15) is 0 Å². The van der Waals surface area contributed by atoms with Crippen LogP contribution in [0.5, 0.6) is 0 Å². The lowest BCUT2D eigenvalue weighted by atomic mass is 9.79. The van der Waals surface area contributed by atoms with Crippen molar-refractivity contribution in [3.63, 3.8) is 0 Å². The van der Waals surface area contributed by atoms with Crippen LogP contribution in [0.25, 0.3) is 11.1 Å². The van der Waals surface area contributed by atoms with Gasteiger partial charge in [0.2, 0.25) is 0 Å². The second-order valence-electron chi connectivity index (χ2n) is 5.87. The maximum absolute atomic E-state index is 6.06. The maximum Gasteiger partial charge on any atom is 0.198 e. The second-order valence-corrected chi connectivity index (χ2v) is 5.87. The van der Waals surface area contributed by atoms with Crippen molar-refractivity contribution in [1.29, 1.82) is 0 Å². The van der Waals surface area contributed by atoms with E-state index in [1.807, 2.05) is 0 Å². The number of aromatic nitrogens is 1. The summed E-state index contributed by atoms with van der Waals surface area (Å²) in [5.74, 6) is 1.84. The Kier molecular flexibility index (Phi) is 3.31. The van der Waals surface area contributed by atoms with Crippen molar-refractivity contribution < 1.29 is 4.42 Å². The Morgan fingerprint density at radius 1 is 1.26 bits per heavy atom. The summed E-state index contributed by atoms with van der Waals surface area (Å²) in [4.78, 5) is 4.73. The van der Waals surface area contributed by atoms with Gasteiger partial charge in [0.15, 0.2) is 11.5 Å². The summed E-state index contributed by atoms with van der Waals surface area (Å²) < 4.78 is 6.06. The summed E-state index contributed by atoms with van der Waals surface area (Å²) in [5.41, 5.74) is 10.3. The first-order valence-electron chi connectivity index (χ1n) is 7.27. The van der Waals surface area contributed by atoms with Gasteiger partial charge >= 0.3 is 0 Å². The molecule has 0 radical (unpaired) electrons. The van der Waals surface area contributed by atoms with E-state index in [9.17, 15) is 0 Å². The maximum atomic E-state index is 6.06. The van der Waals surface area contributed by atoms with E-state index in [0.29, 0.717) is 11.8 Å². The van der Waals surface area contributed by atoms with Gasteiger partial charge in [0.25, 0.3) is 0 Å². The van der Waals surface area contributed by atoms with E-state index in [0.717, 1.165) is 30.0 Å². The highest BCUT2D eigenvalue weighted by Gasteiger charge is 2.29. The van der Waals surface area contributed by atoms with Gasteiger partial charge in [0.1, 0.15) is 5.52 Å². The molecule has 2 atom stereocenters. The summed E-state index contributed by atoms with van der Waals surface area (Å²) >= 11 is 0. The second kappa shape index (κ2) is 4.97. The molecule has 19 heavy (non-hydrogen) atoms. The fourth-order valence-electron chi connectivity index (χ4n) is 3.37. The van der Waals surface area contributed by atoms with Crippen LogP contribution in [0.3, 0.4) is 0 Å². The summed E-state index contributed by atoms with van der Waals surface area (Å²) in [5, 5.41) is 0. The fourth-order valence-corrected chi connectivity index (χ4v) is 3.37. The van der Waals surface area contributed by atoms with Crippen LogP contribution in [0.15, 0.2) is 16.5 Å². The van der Waals surface area contributed by atoms with E-state index in [1.54, 1.807) is 0 Å². The normalized spacial score (nSPS) is 23.9. The van der Waals surface area contributed by atoms with Gasteiger partial charge < -0.3 is 10.2 Å². The molecule has 1 aromatic heterocycles. The van der Waals surface area contributed by atoms with Gasteiger partial charge in [-0.3, -0.25) is 0 Å². The first kappa shape index (κ1) is 12.7. The number of aryl methyl sites for hydroxylation is 2. The smallest absolute Gasteiger partial charge is 0.198 e. The fraction of sp³-hybridized carbons (Fsp3) is 0.562. The number of rotatable bonds is 2. The van der Waals surface area contributed by atoms with E-state index < -0.39 is 0 Å². The molecule has 1 aliphatic carbocycles. The monoisotopic (exact) mass is 258 g/mol. The predicted octanol–water partition coefficient (Wildman–Crippen LogP) is 3.68. The minimum Gasteiger partial charge on any atom is -0.440 e. The zero-order chi connectivity index (χ0) is 13.4. The van der Waals surface area contributed by atoms with Gasteiger partial charge in [0, 0.05) is 5.92 Å². The van der Waals surface area contributed by atoms with Gasteiger partial charge in [-0.05, 0) is 56.3 Å². The van der Waals surface area contributed by atoms with Crippen LogP contribution in [0.1, 0.15) is 48.6 Å². The number of nitrogens with zero attached hydrogens (tertiary/aromatic N) is 1. The Morgan fingerprint density at radius 2 is 2.05 bits per heavy atom. The molecule has 2 N–H and O–H groups in total. The SMILES string of the molecule is Cc1cc(C)c2oc(C3CCCCC3CN)nc2c1. The lowest BCUT2D eigenvalue weighted by molar-refractivity contribution is 0.275. The first-order valence-corrected chi connectivity index (χ1v) is 7.27. The first-order chi connectivity index (χ1) is 9.19. The van der Waals surface area contributed by atoms with Crippen molar-refractivity contribution in [1.82, 2.24) is 4.98 Å². The summed E-state index contributed by atoms with van der Waals surface area (Å²) in [6.07, 6.45) is 4.92. The topological polar surface area (TPSA) is 52.0 Å². The number of fused-ring (bicyclic) bond motifs is 1. The minimum atomic E-state index is 0.408. The third kappa shape index (κ3) is 2.27. The quantitative estimate of drug-likeness (QED) is 0.894. The van der Waals surface area contributed by atoms with Gasteiger partial charge in [-0.25, -0.2) is 4.98 Å². The lowest BCUT2D eigenvalue weighted by Gasteiger charge is -2.27. The Balaban J connectivity index is 2.02. The lowest BCUT2D eigenvalue weighted by Crippen LogP contribution is -2.25. The van der Waals surface area contributed by atoms with Crippen molar-refractivity contribution in [2.45, 2.75) is 45.4 Å². The van der Waals surface area contributed by atoms with Gasteiger partial charge in [-0.15, -0.1) is 0 Å². The third-order valence-electron chi connectivity index (χ3n) is 4.37. The highest BCUT2D eigenvalue weighted by molar-refractivity contribution is 5.77. The van der Waals surface area contributed by atoms with Crippen LogP contribution in [0.4, 0.5) is 0 Å². The molecular formula is C16H22N2O. The molecule has 2 aromatic rings. The molecule has 1 aromatic carbocycles. The molecule has 0 spiro atoms. The molecule has 0 aliphatic heterocycles. The standard InChI is InChI=1S/C16H22N2O/c1-10-7-11(2)15-14(8-10)18-16(19-15)13-6-4-3-5-12(13)9-17/h7-8,12-13H,3-6,9,17H2,1-2H3. The Bertz CT molecular complexity index is 588. The number of nitrogens with two attached hydrogens (primary N) is 1. The van der Waals surface area contributed by atoms with E-state index in [-0.39, 0.29) is 0 Å². The van der Waals surface area contributed by atoms with Crippen molar-refractivity contribution in [3.05, 3.63) is 29.2 Å². The van der Waals surface area contributed by atoms with Crippen molar-refractivity contribution in [3.8, 4) is 0 Å². The molecule has 3 heteroatoms. The van der Waals surface area contributed by atoms with Crippen LogP contribution >= 0.6 is 0 Å². The van der Waals surface area contributed by atoms with E-state index in [4.69, 9.17) is 15.1 Å². The molecule has 0 saturated heterocycles. The highest BCUT2D eigenvalue weighted by atomic mass is 16.3. The molecular weight excluding hydrogens is 236 g/mol. The van der Waals surface area contributed by atoms with Crippen molar-refractivity contribution >= 4 is 11.1 Å². The van der Waals surface area contributed by atoms with E-state index in [2.05, 4.69) is 26.0 Å². The van der Waals surface area contributed by atoms with Crippen LogP contribution in [-0.2, 0) is 0 Å². The van der Waals surface area contributed by atoms with Crippen molar-refractivity contribution in [2.75, 3.05) is 6.54 Å². The number of hydrogen-bond acceptors (Lipinski definition) is 3. The van der Waals surface area contributed by atoms with Crippen LogP contribution in [0.2, 0.25) is 0 Å². The Labute approximate surface area is 114 Å². The summed E-state index contributed by atoms with van der Waals surface area (Å²) in [6.45, 7) is 4.93. The Morgan fingerprint density at radius 3 is 2.84 bits per heavy atom. The predicted molar refractivity (Wildman–Crippen MR) is 77.2 cm³/mol. The minimum absolute atomic E-state index is 0.408. The highest BCUT2D eigenvalue weighted by Crippen LogP contribution is 2.38. The molecule has 1 fully saturated rings. The third-order valence-corrected chi connectivity index (χ3v) is 4.37. The number of hydrogen-bond donors (Lipinski definition) is 1. The number of oxazole rings is 1. The van der Waals surface area contributed by atoms with E-state index in [1.165, 1.54) is 30.4 Å². The van der Waals surface area contributed by atoms with Crippen LogP contribution in [0, 0.1) is 19.8 Å². The van der Waals surface area contributed by atoms with Crippen LogP contribution in [-0.4, -0.2) is 11.5 Å². The zero-order valence-corrected chi connectivity index (χ0v) is 11.8. The Hall–Kier alpha value is -1.35. The molecule has 102 valence electrons. The molecule has 3 rings (SSSR count). The zero-order valence-electron chi connectivity index (χ0n) is 11.8. The molecule has 0 bridgehead atoms. The molecule has 2 unspecified atom stereocenters. The molecule has 1 saturated carbocycles. The molecule has 0 amide bonds. The molecule has 1 aliphatic rings. The van der Waals surface area contributed by atoms with Crippen LogP contribution < -0.4 is 5.73 Å². The average Bonchev–Trinajstić information content (AvgIpc) is 2.82. The molecule has 3 nitrogen and oxygen atoms in total. The molecule has 1 heterocycles. The summed E-state index contributed by atoms with van der Waals surface area (Å²) in [6, 6.07) is 4.26. The summed E-state index contributed by atoms with van der Waals surface area (Å²) in [7, 11) is 0. The van der Waals surface area contributed by atoms with E-state index >= 15 is 0 Å². The number of benzene rings is 1. The van der Waals surface area contributed by atoms with Crippen molar-refractivity contribution in [2.24, 2.45) is 11.7 Å².